The van der Waals surface area contributed by atoms with Gasteiger partial charge in [-0.3, -0.25) is 9.59 Å². The minimum absolute atomic E-state index is 0.0114. The van der Waals surface area contributed by atoms with Gasteiger partial charge in [0.05, 0.1) is 6.61 Å². The van der Waals surface area contributed by atoms with Crippen LogP contribution in [0.25, 0.3) is 0 Å². The van der Waals surface area contributed by atoms with E-state index in [1.807, 2.05) is 6.07 Å². The molecule has 0 fully saturated rings. The zero-order valence-corrected chi connectivity index (χ0v) is 16.3. The van der Waals surface area contributed by atoms with E-state index in [1.165, 1.54) is 0 Å². The lowest BCUT2D eigenvalue weighted by Crippen LogP contribution is -2.19. The molecule has 0 saturated carbocycles. The summed E-state index contributed by atoms with van der Waals surface area (Å²) in [6.07, 6.45) is 2.12. The predicted molar refractivity (Wildman–Crippen MR) is 105 cm³/mol. The number of rotatable bonds is 4. The summed E-state index contributed by atoms with van der Waals surface area (Å²) in [5.74, 6) is 0.759. The van der Waals surface area contributed by atoms with Crippen molar-refractivity contribution in [2.24, 2.45) is 0 Å². The van der Waals surface area contributed by atoms with Crippen LogP contribution in [-0.2, 0) is 27.2 Å². The largest absolute Gasteiger partial charge is 0.466 e. The lowest BCUT2D eigenvalue weighted by atomic mass is 10.1. The quantitative estimate of drug-likeness (QED) is 0.590. The van der Waals surface area contributed by atoms with Gasteiger partial charge < -0.3 is 15.8 Å². The number of anilines is 2. The van der Waals surface area contributed by atoms with E-state index in [9.17, 15) is 9.59 Å². The second kappa shape index (κ2) is 10.1. The molecule has 0 unspecified atom stereocenters. The zero-order chi connectivity index (χ0) is 19.8. The van der Waals surface area contributed by atoms with Crippen LogP contribution in [-0.4, -0.2) is 28.5 Å². The molecular formula is C18H20Cl2N4O3. The summed E-state index contributed by atoms with van der Waals surface area (Å²) >= 11 is 11.3. The minimum Gasteiger partial charge on any atom is -0.466 e. The summed E-state index contributed by atoms with van der Waals surface area (Å²) in [7, 11) is 0. The Hall–Kier alpha value is -2.38. The van der Waals surface area contributed by atoms with Crippen LogP contribution < -0.4 is 11.1 Å². The fourth-order valence-corrected chi connectivity index (χ4v) is 2.68. The first kappa shape index (κ1) is 20.9. The molecule has 3 rings (SSSR count). The summed E-state index contributed by atoms with van der Waals surface area (Å²) < 4.78 is 4.80. The van der Waals surface area contributed by atoms with Gasteiger partial charge in [0.15, 0.2) is 0 Å². The van der Waals surface area contributed by atoms with Crippen LogP contribution in [0.2, 0.25) is 10.3 Å². The van der Waals surface area contributed by atoms with E-state index in [4.69, 9.17) is 33.7 Å². The molecule has 1 aliphatic heterocycles. The van der Waals surface area contributed by atoms with E-state index < -0.39 is 0 Å². The number of aryl methyl sites for hydroxylation is 2. The first-order valence-corrected chi connectivity index (χ1v) is 9.16. The highest BCUT2D eigenvalue weighted by atomic mass is 35.5. The molecule has 0 saturated heterocycles. The number of esters is 1. The monoisotopic (exact) mass is 410 g/mol. The van der Waals surface area contributed by atoms with Gasteiger partial charge in [-0.2, -0.15) is 0 Å². The average Bonchev–Trinajstić information content (AvgIpc) is 2.61. The third-order valence-electron chi connectivity index (χ3n) is 3.71. The van der Waals surface area contributed by atoms with Crippen molar-refractivity contribution >= 4 is 46.7 Å². The summed E-state index contributed by atoms with van der Waals surface area (Å²) in [4.78, 5) is 29.9. The maximum Gasteiger partial charge on any atom is 0.306 e. The summed E-state index contributed by atoms with van der Waals surface area (Å²) in [5, 5.41) is 3.43. The Bertz CT molecular complexity index is 830. The third-order valence-corrected chi connectivity index (χ3v) is 4.13. The minimum atomic E-state index is -0.230. The maximum absolute atomic E-state index is 11.1. The molecule has 0 aliphatic carbocycles. The van der Waals surface area contributed by atoms with Crippen LogP contribution in [0.1, 0.15) is 30.9 Å². The Balaban J connectivity index is 0.000000198. The molecule has 1 amide bonds. The third kappa shape index (κ3) is 6.69. The number of fused-ring (bicyclic) bond motifs is 1. The van der Waals surface area contributed by atoms with Gasteiger partial charge in [-0.1, -0.05) is 35.3 Å². The SMILES string of the molecule is CCOC(=O)CCc1ccc(Cl)nc1N.O=C1CCc2ccc(Cl)nc2N1. The van der Waals surface area contributed by atoms with Crippen molar-refractivity contribution in [1.29, 1.82) is 0 Å². The molecule has 27 heavy (non-hydrogen) atoms. The molecule has 0 aromatic carbocycles. The second-order valence-electron chi connectivity index (χ2n) is 5.67. The first-order valence-electron chi connectivity index (χ1n) is 8.40. The van der Waals surface area contributed by atoms with Crippen molar-refractivity contribution in [3.8, 4) is 0 Å². The smallest absolute Gasteiger partial charge is 0.306 e. The Morgan fingerprint density at radius 3 is 2.59 bits per heavy atom. The van der Waals surface area contributed by atoms with Crippen molar-refractivity contribution < 1.29 is 14.3 Å². The second-order valence-corrected chi connectivity index (χ2v) is 6.45. The van der Waals surface area contributed by atoms with Crippen LogP contribution >= 0.6 is 23.2 Å². The van der Waals surface area contributed by atoms with Crippen molar-refractivity contribution in [3.05, 3.63) is 45.7 Å². The van der Waals surface area contributed by atoms with E-state index in [2.05, 4.69) is 15.3 Å². The highest BCUT2D eigenvalue weighted by Crippen LogP contribution is 2.21. The summed E-state index contributed by atoms with van der Waals surface area (Å²) in [6, 6.07) is 7.05. The topological polar surface area (TPSA) is 107 Å². The molecule has 2 aromatic rings. The lowest BCUT2D eigenvalue weighted by Gasteiger charge is -2.14. The Labute approximate surface area is 167 Å². The summed E-state index contributed by atoms with van der Waals surface area (Å²) in [5.41, 5.74) is 7.50. The number of carbonyl (C=O) groups is 2. The van der Waals surface area contributed by atoms with E-state index in [1.54, 1.807) is 25.1 Å². The van der Waals surface area contributed by atoms with Gasteiger partial charge in [0, 0.05) is 12.8 Å². The number of hydrogen-bond donors (Lipinski definition) is 2. The number of amides is 1. The first-order chi connectivity index (χ1) is 12.9. The Morgan fingerprint density at radius 1 is 1.19 bits per heavy atom. The van der Waals surface area contributed by atoms with Crippen LogP contribution in [0.4, 0.5) is 11.6 Å². The number of carbonyl (C=O) groups excluding carboxylic acids is 2. The lowest BCUT2D eigenvalue weighted by molar-refractivity contribution is -0.143. The van der Waals surface area contributed by atoms with Crippen LogP contribution in [0.3, 0.4) is 0 Å². The molecular weight excluding hydrogens is 391 g/mol. The van der Waals surface area contributed by atoms with Crippen molar-refractivity contribution in [2.75, 3.05) is 17.7 Å². The fourth-order valence-electron chi connectivity index (χ4n) is 2.38. The normalized spacial score (nSPS) is 12.3. The summed E-state index contributed by atoms with van der Waals surface area (Å²) in [6.45, 7) is 2.17. The number of nitrogens with two attached hydrogens (primary N) is 1. The number of aromatic nitrogens is 2. The number of nitrogens with one attached hydrogen (secondary N) is 1. The van der Waals surface area contributed by atoms with Gasteiger partial charge >= 0.3 is 5.97 Å². The van der Waals surface area contributed by atoms with Crippen molar-refractivity contribution in [2.45, 2.75) is 32.6 Å². The van der Waals surface area contributed by atoms with E-state index >= 15 is 0 Å². The highest BCUT2D eigenvalue weighted by molar-refractivity contribution is 6.29. The number of nitrogen functional groups attached to an aromatic ring is 1. The van der Waals surface area contributed by atoms with Crippen molar-refractivity contribution in [1.82, 2.24) is 9.97 Å². The molecule has 0 radical (unpaired) electrons. The van der Waals surface area contributed by atoms with E-state index in [-0.39, 0.29) is 11.9 Å². The molecule has 7 nitrogen and oxygen atoms in total. The average molecular weight is 411 g/mol. The van der Waals surface area contributed by atoms with Gasteiger partial charge in [0.2, 0.25) is 5.91 Å². The highest BCUT2D eigenvalue weighted by Gasteiger charge is 2.15. The van der Waals surface area contributed by atoms with Gasteiger partial charge in [-0.05, 0) is 43.0 Å². The van der Waals surface area contributed by atoms with E-state index in [0.717, 1.165) is 17.5 Å². The number of halogens is 2. The van der Waals surface area contributed by atoms with Gasteiger partial charge in [0.1, 0.15) is 21.9 Å². The van der Waals surface area contributed by atoms with Crippen LogP contribution in [0.5, 0.6) is 0 Å². The van der Waals surface area contributed by atoms with Gasteiger partial charge in [0.25, 0.3) is 0 Å². The molecule has 3 heterocycles. The molecule has 3 N–H and O–H groups in total. The molecule has 0 bridgehead atoms. The van der Waals surface area contributed by atoms with Crippen LogP contribution in [0, 0.1) is 0 Å². The van der Waals surface area contributed by atoms with Crippen molar-refractivity contribution in [3.63, 3.8) is 0 Å². The van der Waals surface area contributed by atoms with Crippen LogP contribution in [0.15, 0.2) is 24.3 Å². The van der Waals surface area contributed by atoms with Gasteiger partial charge in [-0.25, -0.2) is 9.97 Å². The standard InChI is InChI=1S/C10H13ClN2O2.C8H7ClN2O/c1-2-15-9(14)6-4-7-3-5-8(11)13-10(7)12;9-6-3-1-5-2-4-7(12)11-8(5)10-6/h3,5H,2,4,6H2,1H3,(H2,12,13);1,3H,2,4H2,(H,10,11,12). The molecule has 0 spiro atoms. The number of nitrogens with zero attached hydrogens (tertiary/aromatic N) is 2. The van der Waals surface area contributed by atoms with E-state index in [0.29, 0.717) is 47.8 Å². The molecule has 2 aromatic heterocycles. The Kier molecular flexibility index (Phi) is 7.82. The molecule has 144 valence electrons. The number of ether oxygens (including phenoxy) is 1. The molecule has 1 aliphatic rings. The van der Waals surface area contributed by atoms with Gasteiger partial charge in [-0.15, -0.1) is 0 Å². The number of pyridine rings is 2. The zero-order valence-electron chi connectivity index (χ0n) is 14.8. The maximum atomic E-state index is 11.1. The fraction of sp³-hybridized carbons (Fsp3) is 0.333. The predicted octanol–water partition coefficient (Wildman–Crippen LogP) is 3.43. The molecule has 9 heteroatoms. The Morgan fingerprint density at radius 2 is 1.89 bits per heavy atom. The number of hydrogen-bond acceptors (Lipinski definition) is 6. The molecule has 0 atom stereocenters.